The van der Waals surface area contributed by atoms with Crippen LogP contribution in [0.25, 0.3) is 0 Å². The Hall–Kier alpha value is 0.627. The molecule has 0 aliphatic heterocycles. The van der Waals surface area contributed by atoms with Crippen LogP contribution in [0.2, 0.25) is 13.1 Å². The van der Waals surface area contributed by atoms with Crippen molar-refractivity contribution in [1.29, 1.82) is 0 Å². The fourth-order valence-corrected chi connectivity index (χ4v) is 1.50. The van der Waals surface area contributed by atoms with Crippen molar-refractivity contribution in [3.63, 3.8) is 0 Å². The molecule has 0 saturated carbocycles. The van der Waals surface area contributed by atoms with Crippen molar-refractivity contribution >= 4 is 5.49 Å². The molecule has 0 unspecified atom stereocenters. The van der Waals surface area contributed by atoms with Gasteiger partial charge in [0, 0.05) is 0 Å². The summed E-state index contributed by atoms with van der Waals surface area (Å²) < 4.78 is 0. The maximum absolute atomic E-state index is 3.19. The van der Waals surface area contributed by atoms with Crippen molar-refractivity contribution < 1.29 is 47.8 Å². The molecule has 0 heterocycles. The van der Waals surface area contributed by atoms with Gasteiger partial charge in [-0.2, -0.15) is 11.1 Å². The molecule has 2 aliphatic rings. The van der Waals surface area contributed by atoms with Crippen molar-refractivity contribution in [3.8, 4) is 0 Å². The van der Waals surface area contributed by atoms with Crippen LogP contribution in [0, 0.1) is 12.2 Å². The Morgan fingerprint density at radius 2 is 1.10 bits per heavy atom. The van der Waals surface area contributed by atoms with Crippen LogP contribution in [-0.4, -0.2) is 5.49 Å². The monoisotopic (exact) mass is 494 g/mol. The third-order valence-corrected chi connectivity index (χ3v) is 2.22. The molecule has 0 nitrogen and oxygen atoms in total. The second-order valence-electron chi connectivity index (χ2n) is 5.05. The average molecular weight is 494 g/mol. The van der Waals surface area contributed by atoms with E-state index in [4.69, 9.17) is 0 Å². The largest absolute Gasteiger partial charge is 1.00 e. The van der Waals surface area contributed by atoms with Gasteiger partial charge in [-0.05, 0) is 0 Å². The summed E-state index contributed by atoms with van der Waals surface area (Å²) in [6, 6.07) is 0. The molecule has 0 N–H and O–H groups in total. The van der Waals surface area contributed by atoms with Crippen LogP contribution in [-0.2, 0) is 23.0 Å². The predicted molar refractivity (Wildman–Crippen MR) is 79.1 cm³/mol. The maximum atomic E-state index is 3.19. The SMILES string of the molecule is CC1=[C-]CC(C)=C1.CC1=[C-]CC(C)=C1.C[Si](C)=[Hf+2].[Cl-].[Cl-]. The smallest absolute Gasteiger partial charge is 1.00 e. The molecule has 0 bridgehead atoms. The van der Waals surface area contributed by atoms with Crippen LogP contribution >= 0.6 is 0 Å². The van der Waals surface area contributed by atoms with Gasteiger partial charge in [0.25, 0.3) is 0 Å². The van der Waals surface area contributed by atoms with Gasteiger partial charge in [0.1, 0.15) is 0 Å². The van der Waals surface area contributed by atoms with E-state index in [1.54, 1.807) is 0 Å². The minimum Gasteiger partial charge on any atom is -1.00 e. The Bertz CT molecular complexity index is 380. The summed E-state index contributed by atoms with van der Waals surface area (Å²) in [7, 11) is 0. The van der Waals surface area contributed by atoms with E-state index >= 15 is 0 Å². The summed E-state index contributed by atoms with van der Waals surface area (Å²) in [6.07, 6.45) is 12.8. The maximum Gasteiger partial charge on any atom is -1.00 e. The third kappa shape index (κ3) is 16.7. The molecule has 0 amide bonds. The van der Waals surface area contributed by atoms with Crippen LogP contribution in [0.4, 0.5) is 0 Å². The molecular weight excluding hydrogens is 470 g/mol. The Kier molecular flexibility index (Phi) is 18.6. The Morgan fingerprint density at radius 1 is 0.850 bits per heavy atom. The molecule has 2 rings (SSSR count). The number of rotatable bonds is 0. The fourth-order valence-electron chi connectivity index (χ4n) is 1.50. The van der Waals surface area contributed by atoms with Crippen LogP contribution in [0.1, 0.15) is 40.5 Å². The van der Waals surface area contributed by atoms with Gasteiger partial charge in [-0.3, -0.25) is 12.2 Å². The second-order valence-corrected chi connectivity index (χ2v) is 17.8. The van der Waals surface area contributed by atoms with E-state index in [9.17, 15) is 0 Å². The van der Waals surface area contributed by atoms with E-state index in [0.717, 1.165) is 12.8 Å². The zero-order valence-electron chi connectivity index (χ0n) is 13.3. The predicted octanol–water partition coefficient (Wildman–Crippen LogP) is -1.04. The summed E-state index contributed by atoms with van der Waals surface area (Å²) in [5.74, 6) is 0. The minimum absolute atomic E-state index is 0. The number of halogens is 2. The summed E-state index contributed by atoms with van der Waals surface area (Å²) in [4.78, 5) is 0. The molecule has 112 valence electrons. The first-order valence-corrected chi connectivity index (χ1v) is 14.2. The normalized spacial score (nSPS) is 14.8. The molecule has 20 heavy (non-hydrogen) atoms. The molecule has 0 atom stereocenters. The molecule has 2 aliphatic carbocycles. The van der Waals surface area contributed by atoms with E-state index in [-0.39, 0.29) is 30.3 Å². The molecule has 0 aromatic rings. The summed E-state index contributed by atoms with van der Waals surface area (Å²) in [5, 5.41) is 0. The van der Waals surface area contributed by atoms with Crippen LogP contribution in [0.5, 0.6) is 0 Å². The van der Waals surface area contributed by atoms with Gasteiger partial charge in [-0.25, -0.2) is 23.3 Å². The quantitative estimate of drug-likeness (QED) is 0.299. The van der Waals surface area contributed by atoms with Crippen molar-refractivity contribution in [1.82, 2.24) is 0 Å². The van der Waals surface area contributed by atoms with Gasteiger partial charge in [-0.15, -0.1) is 12.8 Å². The van der Waals surface area contributed by atoms with Gasteiger partial charge in [0.15, 0.2) is 0 Å². The first-order chi connectivity index (χ1) is 8.31. The van der Waals surface area contributed by atoms with Gasteiger partial charge in [0.2, 0.25) is 0 Å². The fraction of sp³-hybridized carbons (Fsp3) is 0.500. The van der Waals surface area contributed by atoms with Crippen LogP contribution in [0.3, 0.4) is 0 Å². The topological polar surface area (TPSA) is 0 Å². The molecule has 0 aromatic carbocycles. The molecule has 4 heteroatoms. The van der Waals surface area contributed by atoms with E-state index < -0.39 is 0 Å². The van der Waals surface area contributed by atoms with E-state index in [2.05, 4.69) is 65.1 Å². The molecule has 0 radical (unpaired) electrons. The summed E-state index contributed by atoms with van der Waals surface area (Å²) in [5.41, 5.74) is 5.69. The Labute approximate surface area is 152 Å². The zero-order valence-corrected chi connectivity index (χ0v) is 19.4. The number of hydrogen-bond donors (Lipinski definition) is 0. The van der Waals surface area contributed by atoms with Gasteiger partial charge in [0.05, 0.1) is 0 Å². The van der Waals surface area contributed by atoms with Gasteiger partial charge in [-0.1, -0.05) is 27.7 Å². The third-order valence-electron chi connectivity index (χ3n) is 2.22. The van der Waals surface area contributed by atoms with Crippen molar-refractivity contribution in [3.05, 3.63) is 46.6 Å². The molecule has 0 saturated heterocycles. The first-order valence-electron chi connectivity index (χ1n) is 6.32. The Morgan fingerprint density at radius 3 is 1.15 bits per heavy atom. The van der Waals surface area contributed by atoms with Gasteiger partial charge >= 0.3 is 41.6 Å². The average Bonchev–Trinajstić information content (AvgIpc) is 2.76. The Balaban J connectivity index is -0.000000215. The number of hydrogen-bond acceptors (Lipinski definition) is 0. The van der Waals surface area contributed by atoms with Crippen molar-refractivity contribution in [2.75, 3.05) is 0 Å². The summed E-state index contributed by atoms with van der Waals surface area (Å²) in [6.45, 7) is 13.1. The molecule has 0 fully saturated rings. The van der Waals surface area contributed by atoms with E-state index in [0.29, 0.717) is 0 Å². The minimum atomic E-state index is 0. The van der Waals surface area contributed by atoms with Gasteiger partial charge < -0.3 is 24.8 Å². The number of allylic oxidation sites excluding steroid dienone is 8. The molecular formula is C16H24Cl2HfSi-2. The first kappa shape index (κ1) is 25.6. The van der Waals surface area contributed by atoms with E-state index in [1.165, 1.54) is 45.3 Å². The van der Waals surface area contributed by atoms with Crippen molar-refractivity contribution in [2.45, 2.75) is 53.6 Å². The molecule has 0 spiro atoms. The second kappa shape index (κ2) is 14.6. The van der Waals surface area contributed by atoms with Crippen LogP contribution in [0.15, 0.2) is 34.4 Å². The van der Waals surface area contributed by atoms with Crippen molar-refractivity contribution in [2.24, 2.45) is 0 Å². The zero-order chi connectivity index (χ0) is 14.1. The standard InChI is InChI=1S/2C7H9.C2H6Si.2ClH.Hf/c2*1-6-3-4-7(2)5-6;1-3-2;;;/h2*5H,3H2,1-2H3;1-2H3;2*1H;/q2*-1;;;;+2/p-2. The van der Waals surface area contributed by atoms with Crippen LogP contribution < -0.4 is 24.8 Å². The molecule has 0 aromatic heterocycles. The summed E-state index contributed by atoms with van der Waals surface area (Å²) >= 11 is 1.45. The van der Waals surface area contributed by atoms with E-state index in [1.807, 2.05) is 0 Å².